The van der Waals surface area contributed by atoms with Crippen molar-refractivity contribution in [2.24, 2.45) is 4.99 Å². The van der Waals surface area contributed by atoms with Gasteiger partial charge in [-0.25, -0.2) is 4.79 Å². The first-order valence-electron chi connectivity index (χ1n) is 4.32. The number of hydrogen-bond acceptors (Lipinski definition) is 3. The van der Waals surface area contributed by atoms with E-state index in [9.17, 15) is 4.79 Å². The molecule has 0 bridgehead atoms. The molecule has 0 heterocycles. The monoisotopic (exact) mass is 189 g/mol. The summed E-state index contributed by atoms with van der Waals surface area (Å²) in [5.41, 5.74) is 1.54. The summed E-state index contributed by atoms with van der Waals surface area (Å²) in [6, 6.07) is 7.22. The molecule has 0 aliphatic carbocycles. The van der Waals surface area contributed by atoms with Crippen LogP contribution in [0.5, 0.6) is 0 Å². The number of aliphatic hydroxyl groups is 1. The summed E-state index contributed by atoms with van der Waals surface area (Å²) in [4.78, 5) is 13.5. The lowest BCUT2D eigenvalue weighted by molar-refractivity contribution is 0.303. The summed E-state index contributed by atoms with van der Waals surface area (Å²) in [6.45, 7) is 0.142. The molecule has 1 aromatic rings. The first-order chi connectivity index (χ1) is 6.86. The number of rotatable bonds is 4. The lowest BCUT2D eigenvalue weighted by Crippen LogP contribution is -1.76. The Morgan fingerprint density at radius 2 is 2.36 bits per heavy atom. The molecule has 72 valence electrons. The Morgan fingerprint density at radius 1 is 1.50 bits per heavy atom. The molecule has 0 fully saturated rings. The van der Waals surface area contributed by atoms with Crippen LogP contribution < -0.4 is 0 Å². The quantitative estimate of drug-likeness (QED) is 0.582. The van der Waals surface area contributed by atoms with E-state index in [2.05, 4.69) is 4.99 Å². The number of aliphatic hydroxyl groups excluding tert-OH is 1. The van der Waals surface area contributed by atoms with E-state index in [0.717, 1.165) is 5.56 Å². The molecule has 0 saturated heterocycles. The highest BCUT2D eigenvalue weighted by molar-refractivity contribution is 5.57. The predicted octanol–water partition coefficient (Wildman–Crippen LogP) is 2.05. The van der Waals surface area contributed by atoms with E-state index in [0.29, 0.717) is 12.1 Å². The predicted molar refractivity (Wildman–Crippen MR) is 55.0 cm³/mol. The molecule has 0 aliphatic heterocycles. The van der Waals surface area contributed by atoms with Crippen LogP contribution in [0.2, 0.25) is 0 Å². The zero-order valence-electron chi connectivity index (χ0n) is 7.68. The highest BCUT2D eigenvalue weighted by Gasteiger charge is 1.89. The van der Waals surface area contributed by atoms with Crippen LogP contribution in [0, 0.1) is 0 Å². The fraction of sp³-hybridized carbons (Fsp3) is 0.182. The maximum atomic E-state index is 10.0. The zero-order valence-corrected chi connectivity index (χ0v) is 7.68. The summed E-state index contributed by atoms with van der Waals surface area (Å²) < 4.78 is 0. The van der Waals surface area contributed by atoms with Gasteiger partial charge in [0.05, 0.1) is 5.69 Å². The van der Waals surface area contributed by atoms with Gasteiger partial charge in [0.1, 0.15) is 0 Å². The van der Waals surface area contributed by atoms with E-state index in [4.69, 9.17) is 5.11 Å². The van der Waals surface area contributed by atoms with E-state index in [1.54, 1.807) is 12.1 Å². The Hall–Kier alpha value is -1.70. The first kappa shape index (κ1) is 10.4. The molecule has 0 atom stereocenters. The van der Waals surface area contributed by atoms with Gasteiger partial charge in [-0.05, 0) is 24.1 Å². The van der Waals surface area contributed by atoms with Gasteiger partial charge >= 0.3 is 0 Å². The van der Waals surface area contributed by atoms with Crippen LogP contribution in [-0.2, 0) is 4.79 Å². The average Bonchev–Trinajstić information content (AvgIpc) is 2.19. The molecule has 0 aromatic heterocycles. The van der Waals surface area contributed by atoms with Crippen LogP contribution >= 0.6 is 0 Å². The van der Waals surface area contributed by atoms with Crippen molar-refractivity contribution in [3.8, 4) is 0 Å². The lowest BCUT2D eigenvalue weighted by Gasteiger charge is -1.94. The highest BCUT2D eigenvalue weighted by Crippen LogP contribution is 2.14. The first-order valence-corrected chi connectivity index (χ1v) is 4.32. The standard InChI is InChI=1S/C11H11NO2/c13-7-2-1-4-10-5-3-6-11(8-10)12-9-14/h1,3-6,8,13H,2,7H2. The molecule has 3 nitrogen and oxygen atoms in total. The minimum atomic E-state index is 0.142. The number of hydrogen-bond donors (Lipinski definition) is 1. The lowest BCUT2D eigenvalue weighted by atomic mass is 10.2. The van der Waals surface area contributed by atoms with Gasteiger partial charge in [-0.2, -0.15) is 4.99 Å². The van der Waals surface area contributed by atoms with E-state index >= 15 is 0 Å². The van der Waals surface area contributed by atoms with Crippen molar-refractivity contribution in [3.05, 3.63) is 35.9 Å². The van der Waals surface area contributed by atoms with Crippen molar-refractivity contribution in [2.75, 3.05) is 6.61 Å². The van der Waals surface area contributed by atoms with Crippen molar-refractivity contribution in [1.82, 2.24) is 0 Å². The smallest absolute Gasteiger partial charge is 0.240 e. The fourth-order valence-electron chi connectivity index (χ4n) is 1.04. The number of aliphatic imine (C=N–C) groups is 1. The molecule has 1 rings (SSSR count). The summed E-state index contributed by atoms with van der Waals surface area (Å²) in [7, 11) is 0. The SMILES string of the molecule is O=C=Nc1cccc(C=CCCO)c1. The van der Waals surface area contributed by atoms with Gasteiger partial charge in [-0.3, -0.25) is 0 Å². The minimum Gasteiger partial charge on any atom is -0.396 e. The van der Waals surface area contributed by atoms with Crippen molar-refractivity contribution in [3.63, 3.8) is 0 Å². The van der Waals surface area contributed by atoms with Gasteiger partial charge in [0.15, 0.2) is 0 Å². The maximum Gasteiger partial charge on any atom is 0.240 e. The van der Waals surface area contributed by atoms with Crippen LogP contribution in [0.4, 0.5) is 5.69 Å². The topological polar surface area (TPSA) is 49.7 Å². The molecule has 14 heavy (non-hydrogen) atoms. The van der Waals surface area contributed by atoms with Gasteiger partial charge in [0.2, 0.25) is 6.08 Å². The fourth-order valence-corrected chi connectivity index (χ4v) is 1.04. The third kappa shape index (κ3) is 3.35. The summed E-state index contributed by atoms with van der Waals surface area (Å²) in [5, 5.41) is 8.56. The van der Waals surface area contributed by atoms with Gasteiger partial charge in [0, 0.05) is 6.61 Å². The largest absolute Gasteiger partial charge is 0.396 e. The van der Waals surface area contributed by atoms with E-state index < -0.39 is 0 Å². The number of carbonyl (C=O) groups excluding carboxylic acids is 1. The Bertz CT molecular complexity index is 365. The molecule has 0 amide bonds. The zero-order chi connectivity index (χ0) is 10.2. The minimum absolute atomic E-state index is 0.142. The molecule has 3 heteroatoms. The molecular formula is C11H11NO2. The normalized spacial score (nSPS) is 10.1. The number of benzene rings is 1. The van der Waals surface area contributed by atoms with Crippen molar-refractivity contribution < 1.29 is 9.90 Å². The number of isocyanates is 1. The maximum absolute atomic E-state index is 10.0. The Balaban J connectivity index is 2.77. The van der Waals surface area contributed by atoms with Crippen LogP contribution in [0.15, 0.2) is 35.3 Å². The Labute approximate surface area is 82.4 Å². The highest BCUT2D eigenvalue weighted by atomic mass is 16.2. The van der Waals surface area contributed by atoms with Crippen LogP contribution in [0.25, 0.3) is 6.08 Å². The molecule has 0 saturated carbocycles. The van der Waals surface area contributed by atoms with Crippen LogP contribution in [-0.4, -0.2) is 17.8 Å². The van der Waals surface area contributed by atoms with Crippen LogP contribution in [0.3, 0.4) is 0 Å². The summed E-state index contributed by atoms with van der Waals surface area (Å²) >= 11 is 0. The molecule has 0 unspecified atom stereocenters. The van der Waals surface area contributed by atoms with Crippen molar-refractivity contribution in [2.45, 2.75) is 6.42 Å². The molecule has 0 radical (unpaired) electrons. The Kier molecular flexibility index (Phi) is 4.35. The van der Waals surface area contributed by atoms with Gasteiger partial charge in [-0.1, -0.05) is 24.3 Å². The molecule has 0 spiro atoms. The van der Waals surface area contributed by atoms with Crippen molar-refractivity contribution in [1.29, 1.82) is 0 Å². The third-order valence-corrected chi connectivity index (χ3v) is 1.65. The Morgan fingerprint density at radius 3 is 3.07 bits per heavy atom. The molecule has 0 aliphatic rings. The molecule has 1 aromatic carbocycles. The van der Waals surface area contributed by atoms with Gasteiger partial charge in [0.25, 0.3) is 0 Å². The number of nitrogens with zero attached hydrogens (tertiary/aromatic N) is 1. The van der Waals surface area contributed by atoms with E-state index in [1.807, 2.05) is 24.3 Å². The summed E-state index contributed by atoms with van der Waals surface area (Å²) in [5.74, 6) is 0. The van der Waals surface area contributed by atoms with E-state index in [-0.39, 0.29) is 6.61 Å². The second-order valence-corrected chi connectivity index (χ2v) is 2.71. The third-order valence-electron chi connectivity index (χ3n) is 1.65. The summed E-state index contributed by atoms with van der Waals surface area (Å²) in [6.07, 6.45) is 5.86. The van der Waals surface area contributed by atoms with Crippen molar-refractivity contribution >= 4 is 17.8 Å². The second-order valence-electron chi connectivity index (χ2n) is 2.71. The van der Waals surface area contributed by atoms with Gasteiger partial charge < -0.3 is 5.11 Å². The van der Waals surface area contributed by atoms with E-state index in [1.165, 1.54) is 6.08 Å². The molecule has 1 N–H and O–H groups in total. The average molecular weight is 189 g/mol. The second kappa shape index (κ2) is 5.86. The molecular weight excluding hydrogens is 178 g/mol. The van der Waals surface area contributed by atoms with Gasteiger partial charge in [-0.15, -0.1) is 0 Å². The van der Waals surface area contributed by atoms with Crippen LogP contribution in [0.1, 0.15) is 12.0 Å².